The Labute approximate surface area is 189 Å². The van der Waals surface area contributed by atoms with Gasteiger partial charge in [0, 0.05) is 11.2 Å². The first-order valence-electron chi connectivity index (χ1n) is 9.54. The smallest absolute Gasteiger partial charge is 0.292 e. The lowest BCUT2D eigenvalue weighted by Gasteiger charge is -2.06. The maximum Gasteiger partial charge on any atom is 0.292 e. The first kappa shape index (κ1) is 21.0. The quantitative estimate of drug-likeness (QED) is 0.372. The number of rotatable bonds is 7. The lowest BCUT2D eigenvalue weighted by molar-refractivity contribution is 0.0992. The van der Waals surface area contributed by atoms with Gasteiger partial charge in [-0.25, -0.2) is 0 Å². The van der Waals surface area contributed by atoms with Crippen LogP contribution in [0.3, 0.4) is 0 Å². The van der Waals surface area contributed by atoms with Crippen LogP contribution >= 0.6 is 23.2 Å². The van der Waals surface area contributed by atoms with Crippen molar-refractivity contribution >= 4 is 34.9 Å². The molecular formula is C23H19Cl2N3O3. The number of hydrogen-bond donors (Lipinski definition) is 1. The summed E-state index contributed by atoms with van der Waals surface area (Å²) in [6, 6.07) is 18.4. The number of ether oxygens (including phenoxy) is 1. The van der Waals surface area contributed by atoms with Crippen LogP contribution in [0.1, 0.15) is 27.4 Å². The predicted octanol–water partition coefficient (Wildman–Crippen LogP) is 5.97. The lowest BCUT2D eigenvalue weighted by atomic mass is 10.2. The fourth-order valence-electron chi connectivity index (χ4n) is 2.98. The zero-order chi connectivity index (χ0) is 21.8. The number of furan rings is 1. The molecule has 31 heavy (non-hydrogen) atoms. The van der Waals surface area contributed by atoms with Gasteiger partial charge in [-0.05, 0) is 42.3 Å². The number of nitrogens with zero attached hydrogens (tertiary/aromatic N) is 2. The third-order valence-corrected chi connectivity index (χ3v) is 5.23. The molecule has 8 heteroatoms. The van der Waals surface area contributed by atoms with Gasteiger partial charge in [-0.3, -0.25) is 9.48 Å². The number of hydrogen-bond acceptors (Lipinski definition) is 4. The van der Waals surface area contributed by atoms with Gasteiger partial charge in [0.1, 0.15) is 23.1 Å². The van der Waals surface area contributed by atoms with Crippen LogP contribution in [0.4, 0.5) is 5.82 Å². The molecule has 2 heterocycles. The third kappa shape index (κ3) is 5.10. The molecule has 0 spiro atoms. The molecule has 0 atom stereocenters. The number of aryl methyl sites for hydroxylation is 1. The SMILES string of the molecule is Cc1ccccc1OCc1ccc(C(=O)Nc2nn(Cc3ccccc3Cl)cc2Cl)o1. The van der Waals surface area contributed by atoms with Crippen LogP contribution in [0.5, 0.6) is 5.75 Å². The van der Waals surface area contributed by atoms with Crippen molar-refractivity contribution in [1.29, 1.82) is 0 Å². The van der Waals surface area contributed by atoms with Crippen LogP contribution in [0.25, 0.3) is 0 Å². The minimum absolute atomic E-state index is 0.139. The number of para-hydroxylation sites is 1. The first-order chi connectivity index (χ1) is 15.0. The third-order valence-electron chi connectivity index (χ3n) is 4.59. The van der Waals surface area contributed by atoms with Gasteiger partial charge in [0.15, 0.2) is 11.6 Å². The van der Waals surface area contributed by atoms with Crippen LogP contribution in [-0.2, 0) is 13.2 Å². The van der Waals surface area contributed by atoms with E-state index in [0.717, 1.165) is 16.9 Å². The van der Waals surface area contributed by atoms with E-state index >= 15 is 0 Å². The topological polar surface area (TPSA) is 69.3 Å². The van der Waals surface area contributed by atoms with E-state index < -0.39 is 5.91 Å². The molecule has 0 aliphatic heterocycles. The van der Waals surface area contributed by atoms with Crippen LogP contribution in [-0.4, -0.2) is 15.7 Å². The van der Waals surface area contributed by atoms with Crippen LogP contribution < -0.4 is 10.1 Å². The number of benzene rings is 2. The molecular weight excluding hydrogens is 437 g/mol. The minimum atomic E-state index is -0.452. The van der Waals surface area contributed by atoms with E-state index in [2.05, 4.69) is 10.4 Å². The van der Waals surface area contributed by atoms with E-state index in [4.69, 9.17) is 32.4 Å². The predicted molar refractivity (Wildman–Crippen MR) is 120 cm³/mol. The van der Waals surface area contributed by atoms with Gasteiger partial charge < -0.3 is 14.5 Å². The van der Waals surface area contributed by atoms with Gasteiger partial charge in [0.25, 0.3) is 5.91 Å². The monoisotopic (exact) mass is 455 g/mol. The Morgan fingerprint density at radius 2 is 1.84 bits per heavy atom. The number of anilines is 1. The number of carbonyl (C=O) groups is 1. The zero-order valence-corrected chi connectivity index (χ0v) is 18.2. The highest BCUT2D eigenvalue weighted by Gasteiger charge is 2.16. The number of carbonyl (C=O) groups excluding carboxylic acids is 1. The number of aromatic nitrogens is 2. The second-order valence-corrected chi connectivity index (χ2v) is 7.70. The van der Waals surface area contributed by atoms with Gasteiger partial charge in [0.05, 0.1) is 6.54 Å². The molecule has 0 saturated heterocycles. The summed E-state index contributed by atoms with van der Waals surface area (Å²) in [5.41, 5.74) is 1.92. The highest BCUT2D eigenvalue weighted by molar-refractivity contribution is 6.33. The van der Waals surface area contributed by atoms with Gasteiger partial charge in [-0.2, -0.15) is 5.10 Å². The number of amides is 1. The maximum absolute atomic E-state index is 12.6. The van der Waals surface area contributed by atoms with Gasteiger partial charge in [0.2, 0.25) is 0 Å². The van der Waals surface area contributed by atoms with Crippen molar-refractivity contribution in [3.63, 3.8) is 0 Å². The van der Waals surface area contributed by atoms with Crippen molar-refractivity contribution in [3.05, 3.63) is 99.6 Å². The Hall–Kier alpha value is -3.22. The largest absolute Gasteiger partial charge is 0.485 e. The van der Waals surface area contributed by atoms with E-state index in [-0.39, 0.29) is 18.2 Å². The molecule has 0 fully saturated rings. The summed E-state index contributed by atoms with van der Waals surface area (Å²) in [7, 11) is 0. The molecule has 0 aliphatic carbocycles. The molecule has 0 saturated carbocycles. The van der Waals surface area contributed by atoms with Gasteiger partial charge >= 0.3 is 0 Å². The molecule has 4 aromatic rings. The molecule has 1 N–H and O–H groups in total. The van der Waals surface area contributed by atoms with Crippen molar-refractivity contribution in [3.8, 4) is 5.75 Å². The van der Waals surface area contributed by atoms with Crippen LogP contribution in [0.2, 0.25) is 10.0 Å². The molecule has 0 bridgehead atoms. The molecule has 158 valence electrons. The van der Waals surface area contributed by atoms with Crippen LogP contribution in [0.15, 0.2) is 71.3 Å². The Kier molecular flexibility index (Phi) is 6.30. The minimum Gasteiger partial charge on any atom is -0.485 e. The summed E-state index contributed by atoms with van der Waals surface area (Å²) in [6.07, 6.45) is 1.63. The molecule has 1 amide bonds. The standard InChI is InChI=1S/C23H19Cl2N3O3/c1-15-6-2-5-9-20(15)30-14-17-10-11-21(31-17)23(29)26-22-19(25)13-28(27-22)12-16-7-3-4-8-18(16)24/h2-11,13H,12,14H2,1H3,(H,26,27,29). The average molecular weight is 456 g/mol. The Balaban J connectivity index is 1.39. The number of halogens is 2. The maximum atomic E-state index is 12.6. The summed E-state index contributed by atoms with van der Waals surface area (Å²) in [5, 5.41) is 7.95. The first-order valence-corrected chi connectivity index (χ1v) is 10.3. The molecule has 6 nitrogen and oxygen atoms in total. The zero-order valence-electron chi connectivity index (χ0n) is 16.6. The van der Waals surface area contributed by atoms with E-state index in [9.17, 15) is 4.79 Å². The Bertz CT molecular complexity index is 1220. The Morgan fingerprint density at radius 1 is 1.06 bits per heavy atom. The fraction of sp³-hybridized carbons (Fsp3) is 0.130. The summed E-state index contributed by atoms with van der Waals surface area (Å²) >= 11 is 12.4. The Morgan fingerprint density at radius 3 is 2.65 bits per heavy atom. The van der Waals surface area contributed by atoms with Crippen molar-refractivity contribution in [2.24, 2.45) is 0 Å². The van der Waals surface area contributed by atoms with E-state index in [1.54, 1.807) is 23.0 Å². The molecule has 0 radical (unpaired) electrons. The number of nitrogens with one attached hydrogen (secondary N) is 1. The molecule has 2 aromatic heterocycles. The van der Waals surface area contributed by atoms with E-state index in [0.29, 0.717) is 22.4 Å². The fourth-order valence-corrected chi connectivity index (χ4v) is 3.37. The summed E-state index contributed by atoms with van der Waals surface area (Å²) in [4.78, 5) is 12.6. The second kappa shape index (κ2) is 9.29. The summed E-state index contributed by atoms with van der Waals surface area (Å²) in [5.74, 6) is 1.23. The molecule has 4 rings (SSSR count). The van der Waals surface area contributed by atoms with Crippen molar-refractivity contribution in [1.82, 2.24) is 9.78 Å². The summed E-state index contributed by atoms with van der Waals surface area (Å²) in [6.45, 7) is 2.60. The normalized spacial score (nSPS) is 10.8. The van der Waals surface area contributed by atoms with Crippen molar-refractivity contribution in [2.75, 3.05) is 5.32 Å². The second-order valence-electron chi connectivity index (χ2n) is 6.89. The van der Waals surface area contributed by atoms with Crippen molar-refractivity contribution in [2.45, 2.75) is 20.1 Å². The van der Waals surface area contributed by atoms with Crippen molar-refractivity contribution < 1.29 is 13.9 Å². The highest BCUT2D eigenvalue weighted by atomic mass is 35.5. The average Bonchev–Trinajstić information content (AvgIpc) is 3.36. The summed E-state index contributed by atoms with van der Waals surface area (Å²) < 4.78 is 13.0. The van der Waals surface area contributed by atoms with Gasteiger partial charge in [-0.1, -0.05) is 59.6 Å². The molecule has 0 aliphatic rings. The molecule has 0 unspecified atom stereocenters. The van der Waals surface area contributed by atoms with Gasteiger partial charge in [-0.15, -0.1) is 0 Å². The van der Waals surface area contributed by atoms with E-state index in [1.807, 2.05) is 55.5 Å². The highest BCUT2D eigenvalue weighted by Crippen LogP contribution is 2.23. The van der Waals surface area contributed by atoms with Crippen LogP contribution in [0, 0.1) is 6.92 Å². The van der Waals surface area contributed by atoms with E-state index in [1.165, 1.54) is 0 Å². The lowest BCUT2D eigenvalue weighted by Crippen LogP contribution is -2.12. The molecule has 2 aromatic carbocycles.